The summed E-state index contributed by atoms with van der Waals surface area (Å²) in [5, 5.41) is 6.88. The standard InChI is InChI=1S/C15H19N5O2/c1-2-5-10(16)15(22)18-11-6-3-4-7-13(11)20-9-8-12(19-20)14(17)21/h3-4,6-10H,2,5,16H2,1H3,(H2,17,21)(H,18,22). The third-order valence-corrected chi connectivity index (χ3v) is 3.19. The highest BCUT2D eigenvalue weighted by molar-refractivity contribution is 5.96. The molecule has 0 radical (unpaired) electrons. The maximum absolute atomic E-state index is 12.1. The molecule has 1 atom stereocenters. The first-order chi connectivity index (χ1) is 10.5. The van der Waals surface area contributed by atoms with Gasteiger partial charge in [0.25, 0.3) is 5.91 Å². The van der Waals surface area contributed by atoms with Crippen molar-refractivity contribution >= 4 is 17.5 Å². The summed E-state index contributed by atoms with van der Waals surface area (Å²) in [6, 6.07) is 8.09. The van der Waals surface area contributed by atoms with Crippen LogP contribution in [-0.4, -0.2) is 27.6 Å². The monoisotopic (exact) mass is 301 g/mol. The summed E-state index contributed by atoms with van der Waals surface area (Å²) < 4.78 is 1.49. The molecule has 1 heterocycles. The largest absolute Gasteiger partial charge is 0.364 e. The van der Waals surface area contributed by atoms with E-state index in [1.54, 1.807) is 24.4 Å². The molecule has 0 aliphatic carbocycles. The SMILES string of the molecule is CCCC(N)C(=O)Nc1ccccc1-n1ccc(C(N)=O)n1. The van der Waals surface area contributed by atoms with Crippen LogP contribution in [0.2, 0.25) is 0 Å². The van der Waals surface area contributed by atoms with E-state index >= 15 is 0 Å². The highest BCUT2D eigenvalue weighted by Crippen LogP contribution is 2.20. The molecule has 5 N–H and O–H groups in total. The molecule has 0 bridgehead atoms. The number of aromatic nitrogens is 2. The number of nitrogens with two attached hydrogens (primary N) is 2. The van der Waals surface area contributed by atoms with Crippen molar-refractivity contribution in [2.24, 2.45) is 11.5 Å². The molecule has 0 aliphatic rings. The van der Waals surface area contributed by atoms with E-state index in [0.29, 0.717) is 17.8 Å². The topological polar surface area (TPSA) is 116 Å². The van der Waals surface area contributed by atoms with Gasteiger partial charge in [-0.15, -0.1) is 0 Å². The number of anilines is 1. The van der Waals surface area contributed by atoms with Crippen molar-refractivity contribution in [3.8, 4) is 5.69 Å². The van der Waals surface area contributed by atoms with Crippen LogP contribution in [0.15, 0.2) is 36.5 Å². The number of amides is 2. The van der Waals surface area contributed by atoms with Crippen LogP contribution in [0.3, 0.4) is 0 Å². The van der Waals surface area contributed by atoms with Gasteiger partial charge in [0.15, 0.2) is 0 Å². The van der Waals surface area contributed by atoms with E-state index in [1.165, 1.54) is 10.7 Å². The fourth-order valence-electron chi connectivity index (χ4n) is 2.04. The molecule has 0 saturated heterocycles. The minimum absolute atomic E-state index is 0.156. The Labute approximate surface area is 128 Å². The van der Waals surface area contributed by atoms with Crippen LogP contribution in [0.4, 0.5) is 5.69 Å². The molecule has 1 aromatic carbocycles. The van der Waals surface area contributed by atoms with Gasteiger partial charge in [-0.2, -0.15) is 5.10 Å². The second-order valence-electron chi connectivity index (χ2n) is 4.91. The van der Waals surface area contributed by atoms with Gasteiger partial charge >= 0.3 is 0 Å². The molecule has 116 valence electrons. The van der Waals surface area contributed by atoms with E-state index in [2.05, 4.69) is 10.4 Å². The number of carbonyl (C=O) groups is 2. The Bertz CT molecular complexity index is 680. The van der Waals surface area contributed by atoms with Crippen molar-refractivity contribution in [1.82, 2.24) is 9.78 Å². The number of benzene rings is 1. The van der Waals surface area contributed by atoms with Gasteiger partial charge in [-0.1, -0.05) is 25.5 Å². The van der Waals surface area contributed by atoms with Crippen LogP contribution in [-0.2, 0) is 4.79 Å². The minimum atomic E-state index is -0.606. The lowest BCUT2D eigenvalue weighted by Gasteiger charge is -2.14. The van der Waals surface area contributed by atoms with Crippen LogP contribution in [0.1, 0.15) is 30.3 Å². The van der Waals surface area contributed by atoms with Crippen molar-refractivity contribution in [3.63, 3.8) is 0 Å². The van der Waals surface area contributed by atoms with E-state index in [-0.39, 0.29) is 11.6 Å². The second kappa shape index (κ2) is 6.86. The molecule has 22 heavy (non-hydrogen) atoms. The number of hydrogen-bond acceptors (Lipinski definition) is 4. The normalized spacial score (nSPS) is 11.9. The summed E-state index contributed by atoms with van der Waals surface area (Å²) in [7, 11) is 0. The van der Waals surface area contributed by atoms with E-state index in [9.17, 15) is 9.59 Å². The van der Waals surface area contributed by atoms with E-state index < -0.39 is 11.9 Å². The highest BCUT2D eigenvalue weighted by atomic mass is 16.2. The molecule has 2 amide bonds. The third kappa shape index (κ3) is 3.50. The first kappa shape index (κ1) is 15.7. The molecule has 1 unspecified atom stereocenters. The number of rotatable bonds is 6. The summed E-state index contributed by atoms with van der Waals surface area (Å²) in [6.07, 6.45) is 3.05. The quantitative estimate of drug-likeness (QED) is 0.739. The molecule has 0 fully saturated rings. The fourth-order valence-corrected chi connectivity index (χ4v) is 2.04. The Hall–Kier alpha value is -2.67. The molecule has 7 nitrogen and oxygen atoms in total. The van der Waals surface area contributed by atoms with Gasteiger partial charge in [-0.25, -0.2) is 4.68 Å². The molecule has 0 spiro atoms. The zero-order valence-electron chi connectivity index (χ0n) is 12.3. The van der Waals surface area contributed by atoms with E-state index in [1.807, 2.05) is 13.0 Å². The van der Waals surface area contributed by atoms with Crippen molar-refractivity contribution < 1.29 is 9.59 Å². The average molecular weight is 301 g/mol. The molecule has 2 aromatic rings. The molecular formula is C15H19N5O2. The fraction of sp³-hybridized carbons (Fsp3) is 0.267. The third-order valence-electron chi connectivity index (χ3n) is 3.19. The molecule has 2 rings (SSSR count). The van der Waals surface area contributed by atoms with Crippen molar-refractivity contribution in [2.45, 2.75) is 25.8 Å². The van der Waals surface area contributed by atoms with E-state index in [0.717, 1.165) is 6.42 Å². The second-order valence-corrected chi connectivity index (χ2v) is 4.91. The first-order valence-corrected chi connectivity index (χ1v) is 7.04. The molecule has 7 heteroatoms. The number of nitrogens with zero attached hydrogens (tertiary/aromatic N) is 2. The average Bonchev–Trinajstić information content (AvgIpc) is 2.98. The van der Waals surface area contributed by atoms with Crippen LogP contribution < -0.4 is 16.8 Å². The van der Waals surface area contributed by atoms with Crippen molar-refractivity contribution in [1.29, 1.82) is 0 Å². The molecular weight excluding hydrogens is 282 g/mol. The van der Waals surface area contributed by atoms with Gasteiger partial charge in [-0.3, -0.25) is 9.59 Å². The minimum Gasteiger partial charge on any atom is -0.364 e. The Morgan fingerprint density at radius 3 is 2.68 bits per heavy atom. The van der Waals surface area contributed by atoms with Gasteiger partial charge in [0, 0.05) is 6.20 Å². The molecule has 1 aromatic heterocycles. The lowest BCUT2D eigenvalue weighted by atomic mass is 10.1. The van der Waals surface area contributed by atoms with Crippen LogP contribution in [0.25, 0.3) is 5.69 Å². The van der Waals surface area contributed by atoms with Gasteiger partial charge < -0.3 is 16.8 Å². The zero-order valence-corrected chi connectivity index (χ0v) is 12.3. The van der Waals surface area contributed by atoms with Gasteiger partial charge in [0.05, 0.1) is 17.4 Å². The Morgan fingerprint density at radius 1 is 1.32 bits per heavy atom. The number of hydrogen-bond donors (Lipinski definition) is 3. The van der Waals surface area contributed by atoms with Gasteiger partial charge in [-0.05, 0) is 24.6 Å². The number of carbonyl (C=O) groups excluding carboxylic acids is 2. The summed E-state index contributed by atoms with van der Waals surface area (Å²) in [6.45, 7) is 1.97. The Morgan fingerprint density at radius 2 is 2.05 bits per heavy atom. The summed E-state index contributed by atoms with van der Waals surface area (Å²) in [5.41, 5.74) is 12.4. The van der Waals surface area contributed by atoms with Crippen LogP contribution in [0.5, 0.6) is 0 Å². The predicted molar refractivity (Wildman–Crippen MR) is 83.6 cm³/mol. The van der Waals surface area contributed by atoms with Crippen LogP contribution in [0, 0.1) is 0 Å². The molecule has 0 saturated carbocycles. The van der Waals surface area contributed by atoms with Crippen LogP contribution >= 0.6 is 0 Å². The Kier molecular flexibility index (Phi) is 4.90. The predicted octanol–water partition coefficient (Wildman–Crippen LogP) is 1.04. The van der Waals surface area contributed by atoms with Crippen molar-refractivity contribution in [2.75, 3.05) is 5.32 Å². The number of primary amides is 1. The van der Waals surface area contributed by atoms with Crippen molar-refractivity contribution in [3.05, 3.63) is 42.2 Å². The number of para-hydroxylation sites is 2. The zero-order chi connectivity index (χ0) is 16.1. The molecule has 0 aliphatic heterocycles. The Balaban J connectivity index is 2.26. The van der Waals surface area contributed by atoms with Gasteiger partial charge in [0.1, 0.15) is 5.69 Å². The number of nitrogens with one attached hydrogen (secondary N) is 1. The van der Waals surface area contributed by atoms with E-state index in [4.69, 9.17) is 11.5 Å². The smallest absolute Gasteiger partial charge is 0.269 e. The highest BCUT2D eigenvalue weighted by Gasteiger charge is 2.15. The first-order valence-electron chi connectivity index (χ1n) is 7.04. The summed E-state index contributed by atoms with van der Waals surface area (Å²) in [5.74, 6) is -0.859. The summed E-state index contributed by atoms with van der Waals surface area (Å²) in [4.78, 5) is 23.2. The summed E-state index contributed by atoms with van der Waals surface area (Å²) >= 11 is 0. The lowest BCUT2D eigenvalue weighted by Crippen LogP contribution is -2.35. The van der Waals surface area contributed by atoms with Gasteiger partial charge in [0.2, 0.25) is 5.91 Å². The lowest BCUT2D eigenvalue weighted by molar-refractivity contribution is -0.117. The maximum Gasteiger partial charge on any atom is 0.269 e. The maximum atomic E-state index is 12.1.